The summed E-state index contributed by atoms with van der Waals surface area (Å²) in [6.07, 6.45) is 4.29. The standard InChI is InChI=1S/C25H27N5O/c1-18(19-8-3-2-4-9-19)28-24(31)21-16-20-10-5-6-11-22(20)30-15-14-29(17-23(21)30)25-26-12-7-13-27-25/h2-13,18,21,23H,14-17H2,1H3,(H,28,31). The first-order valence-corrected chi connectivity index (χ1v) is 10.9. The second-order valence-electron chi connectivity index (χ2n) is 8.34. The minimum Gasteiger partial charge on any atom is -0.364 e. The Morgan fingerprint density at radius 2 is 1.74 bits per heavy atom. The van der Waals surface area contributed by atoms with E-state index in [1.165, 1.54) is 11.3 Å². The maximum absolute atomic E-state index is 13.5. The molecule has 0 aliphatic carbocycles. The molecule has 1 fully saturated rings. The Morgan fingerprint density at radius 3 is 2.55 bits per heavy atom. The van der Waals surface area contributed by atoms with Gasteiger partial charge in [-0.25, -0.2) is 9.97 Å². The molecule has 158 valence electrons. The molecule has 31 heavy (non-hydrogen) atoms. The number of para-hydroxylation sites is 1. The van der Waals surface area contributed by atoms with Crippen molar-refractivity contribution in [2.24, 2.45) is 5.92 Å². The van der Waals surface area contributed by atoms with Crippen LogP contribution in [-0.4, -0.2) is 41.6 Å². The molecule has 1 aromatic heterocycles. The van der Waals surface area contributed by atoms with Gasteiger partial charge in [0.2, 0.25) is 11.9 Å². The maximum atomic E-state index is 13.5. The first kappa shape index (κ1) is 19.5. The summed E-state index contributed by atoms with van der Waals surface area (Å²) in [4.78, 5) is 27.0. The molecule has 2 aromatic carbocycles. The fraction of sp³-hybridized carbons (Fsp3) is 0.320. The number of aromatic nitrogens is 2. The first-order chi connectivity index (χ1) is 15.2. The van der Waals surface area contributed by atoms with Crippen LogP contribution in [0.15, 0.2) is 73.1 Å². The van der Waals surface area contributed by atoms with Gasteiger partial charge in [0.25, 0.3) is 0 Å². The zero-order valence-electron chi connectivity index (χ0n) is 17.7. The Kier molecular flexibility index (Phi) is 5.28. The van der Waals surface area contributed by atoms with E-state index in [1.54, 1.807) is 12.4 Å². The second-order valence-corrected chi connectivity index (χ2v) is 8.34. The maximum Gasteiger partial charge on any atom is 0.226 e. The van der Waals surface area contributed by atoms with E-state index >= 15 is 0 Å². The predicted molar refractivity (Wildman–Crippen MR) is 122 cm³/mol. The van der Waals surface area contributed by atoms with Crippen LogP contribution in [0.25, 0.3) is 0 Å². The van der Waals surface area contributed by atoms with Gasteiger partial charge in [0.1, 0.15) is 0 Å². The monoisotopic (exact) mass is 413 g/mol. The molecule has 2 aliphatic heterocycles. The van der Waals surface area contributed by atoms with E-state index in [9.17, 15) is 4.79 Å². The first-order valence-electron chi connectivity index (χ1n) is 10.9. The van der Waals surface area contributed by atoms with Crippen LogP contribution in [0.4, 0.5) is 11.6 Å². The summed E-state index contributed by atoms with van der Waals surface area (Å²) < 4.78 is 0. The molecule has 6 nitrogen and oxygen atoms in total. The van der Waals surface area contributed by atoms with Crippen molar-refractivity contribution in [2.45, 2.75) is 25.4 Å². The molecule has 2 aliphatic rings. The summed E-state index contributed by atoms with van der Waals surface area (Å²) in [5.41, 5.74) is 3.61. The Balaban J connectivity index is 1.42. The number of hydrogen-bond donors (Lipinski definition) is 1. The van der Waals surface area contributed by atoms with Gasteiger partial charge in [-0.1, -0.05) is 48.5 Å². The normalized spacial score (nSPS) is 21.1. The molecule has 1 N–H and O–H groups in total. The number of nitrogens with one attached hydrogen (secondary N) is 1. The number of piperazine rings is 1. The van der Waals surface area contributed by atoms with Crippen LogP contribution in [0, 0.1) is 5.92 Å². The summed E-state index contributed by atoms with van der Waals surface area (Å²) >= 11 is 0. The molecular formula is C25H27N5O. The number of carbonyl (C=O) groups excluding carboxylic acids is 1. The van der Waals surface area contributed by atoms with Crippen molar-refractivity contribution < 1.29 is 4.79 Å². The van der Waals surface area contributed by atoms with Gasteiger partial charge in [0.05, 0.1) is 18.0 Å². The molecule has 3 unspecified atom stereocenters. The number of rotatable bonds is 4. The molecule has 5 rings (SSSR count). The third kappa shape index (κ3) is 3.85. The second kappa shape index (κ2) is 8.38. The SMILES string of the molecule is CC(NC(=O)C1Cc2ccccc2N2CCN(c3ncccn3)CC12)c1ccccc1. The van der Waals surface area contributed by atoms with Gasteiger partial charge in [-0.2, -0.15) is 0 Å². The molecule has 0 bridgehead atoms. The van der Waals surface area contributed by atoms with Crippen molar-refractivity contribution in [3.63, 3.8) is 0 Å². The molecule has 0 spiro atoms. The van der Waals surface area contributed by atoms with Crippen molar-refractivity contribution >= 4 is 17.5 Å². The smallest absolute Gasteiger partial charge is 0.226 e. The Labute approximate surface area is 182 Å². The Bertz CT molecular complexity index is 1040. The average Bonchev–Trinajstić information content (AvgIpc) is 2.84. The Hall–Kier alpha value is -3.41. The van der Waals surface area contributed by atoms with E-state index in [1.807, 2.05) is 31.2 Å². The molecule has 6 heteroatoms. The van der Waals surface area contributed by atoms with Crippen molar-refractivity contribution in [3.8, 4) is 0 Å². The predicted octanol–water partition coefficient (Wildman–Crippen LogP) is 3.22. The quantitative estimate of drug-likeness (QED) is 0.712. The molecule has 3 atom stereocenters. The van der Waals surface area contributed by atoms with Crippen molar-refractivity contribution in [2.75, 3.05) is 29.4 Å². The van der Waals surface area contributed by atoms with Gasteiger partial charge >= 0.3 is 0 Å². The van der Waals surface area contributed by atoms with Gasteiger partial charge in [0.15, 0.2) is 0 Å². The fourth-order valence-electron chi connectivity index (χ4n) is 4.84. The lowest BCUT2D eigenvalue weighted by Crippen LogP contribution is -2.61. The Morgan fingerprint density at radius 1 is 1.00 bits per heavy atom. The fourth-order valence-corrected chi connectivity index (χ4v) is 4.84. The van der Waals surface area contributed by atoms with E-state index in [0.29, 0.717) is 0 Å². The van der Waals surface area contributed by atoms with Crippen LogP contribution in [0.2, 0.25) is 0 Å². The molecule has 1 amide bonds. The lowest BCUT2D eigenvalue weighted by molar-refractivity contribution is -0.126. The van der Waals surface area contributed by atoms with Gasteiger partial charge in [0, 0.05) is 37.7 Å². The van der Waals surface area contributed by atoms with Crippen molar-refractivity contribution in [1.82, 2.24) is 15.3 Å². The number of benzene rings is 2. The molecule has 0 saturated carbocycles. The van der Waals surface area contributed by atoms with E-state index in [4.69, 9.17) is 0 Å². The van der Waals surface area contributed by atoms with Crippen molar-refractivity contribution in [3.05, 3.63) is 84.2 Å². The van der Waals surface area contributed by atoms with Crippen LogP contribution in [0.3, 0.4) is 0 Å². The summed E-state index contributed by atoms with van der Waals surface area (Å²) in [6, 6.07) is 20.5. The largest absolute Gasteiger partial charge is 0.364 e. The van der Waals surface area contributed by atoms with Gasteiger partial charge < -0.3 is 15.1 Å². The van der Waals surface area contributed by atoms with Gasteiger partial charge in [-0.3, -0.25) is 4.79 Å². The number of fused-ring (bicyclic) bond motifs is 3. The highest BCUT2D eigenvalue weighted by atomic mass is 16.2. The van der Waals surface area contributed by atoms with E-state index in [2.05, 4.69) is 61.5 Å². The van der Waals surface area contributed by atoms with E-state index in [0.717, 1.165) is 37.6 Å². The molecule has 0 radical (unpaired) electrons. The molecule has 3 heterocycles. The average molecular weight is 414 g/mol. The highest BCUT2D eigenvalue weighted by molar-refractivity contribution is 5.82. The number of hydrogen-bond acceptors (Lipinski definition) is 5. The van der Waals surface area contributed by atoms with Crippen LogP contribution in [0.5, 0.6) is 0 Å². The summed E-state index contributed by atoms with van der Waals surface area (Å²) in [5.74, 6) is 0.710. The zero-order valence-corrected chi connectivity index (χ0v) is 17.7. The van der Waals surface area contributed by atoms with Crippen LogP contribution in [0.1, 0.15) is 24.1 Å². The van der Waals surface area contributed by atoms with Gasteiger partial charge in [-0.15, -0.1) is 0 Å². The number of carbonyl (C=O) groups is 1. The number of amides is 1. The van der Waals surface area contributed by atoms with E-state index in [-0.39, 0.29) is 23.9 Å². The van der Waals surface area contributed by atoms with E-state index < -0.39 is 0 Å². The molecule has 3 aromatic rings. The summed E-state index contributed by atoms with van der Waals surface area (Å²) in [5, 5.41) is 3.27. The molecule has 1 saturated heterocycles. The summed E-state index contributed by atoms with van der Waals surface area (Å²) in [7, 11) is 0. The van der Waals surface area contributed by atoms with Gasteiger partial charge in [-0.05, 0) is 36.6 Å². The lowest BCUT2D eigenvalue weighted by Gasteiger charge is -2.49. The lowest BCUT2D eigenvalue weighted by atomic mass is 9.83. The molecular weight excluding hydrogens is 386 g/mol. The minimum absolute atomic E-state index is 0.0310. The van der Waals surface area contributed by atoms with Crippen molar-refractivity contribution in [1.29, 1.82) is 0 Å². The summed E-state index contributed by atoms with van der Waals surface area (Å²) in [6.45, 7) is 4.46. The van der Waals surface area contributed by atoms with Crippen LogP contribution < -0.4 is 15.1 Å². The topological polar surface area (TPSA) is 61.4 Å². The third-order valence-corrected chi connectivity index (χ3v) is 6.45. The highest BCUT2D eigenvalue weighted by Crippen LogP contribution is 2.36. The highest BCUT2D eigenvalue weighted by Gasteiger charge is 2.42. The number of nitrogens with zero attached hydrogens (tertiary/aromatic N) is 4. The van der Waals surface area contributed by atoms with Crippen LogP contribution >= 0.6 is 0 Å². The third-order valence-electron chi connectivity index (χ3n) is 6.45. The number of anilines is 2. The zero-order chi connectivity index (χ0) is 21.2. The minimum atomic E-state index is -0.132. The van der Waals surface area contributed by atoms with Crippen LogP contribution in [-0.2, 0) is 11.2 Å².